The first kappa shape index (κ1) is 9.65. The molecule has 0 radical (unpaired) electrons. The van der Waals surface area contributed by atoms with Crippen molar-refractivity contribution >= 4 is 28.9 Å². The number of hydrogen-bond donors (Lipinski definition) is 1. The van der Waals surface area contributed by atoms with Crippen molar-refractivity contribution in [1.29, 1.82) is 0 Å². The Labute approximate surface area is 81.9 Å². The molecule has 0 aliphatic heterocycles. The molecule has 0 unspecified atom stereocenters. The van der Waals surface area contributed by atoms with Gasteiger partial charge in [-0.25, -0.2) is 0 Å². The van der Waals surface area contributed by atoms with Crippen molar-refractivity contribution < 1.29 is 0 Å². The number of benzene rings is 1. The summed E-state index contributed by atoms with van der Waals surface area (Å²) in [5.74, 6) is 0. The van der Waals surface area contributed by atoms with E-state index in [9.17, 15) is 0 Å². The van der Waals surface area contributed by atoms with Crippen molar-refractivity contribution in [3.8, 4) is 0 Å². The van der Waals surface area contributed by atoms with Gasteiger partial charge in [-0.2, -0.15) is 0 Å². The van der Waals surface area contributed by atoms with Gasteiger partial charge in [0.15, 0.2) is 0 Å². The fourth-order valence-corrected chi connectivity index (χ4v) is 1.44. The fraction of sp³-hybridized carbons (Fsp3) is 0.250. The Balaban J connectivity index is 3.01. The van der Waals surface area contributed by atoms with E-state index in [1.807, 2.05) is 18.0 Å². The molecule has 1 aromatic rings. The van der Waals surface area contributed by atoms with Crippen LogP contribution in [0.3, 0.4) is 0 Å². The van der Waals surface area contributed by atoms with Gasteiger partial charge in [-0.15, -0.1) is 0 Å². The Morgan fingerprint density at radius 2 is 2.08 bits per heavy atom. The second-order valence-corrected chi connectivity index (χ2v) is 3.32. The van der Waals surface area contributed by atoms with Crippen LogP contribution in [0.2, 0.25) is 10.0 Å². The molecule has 0 atom stereocenters. The van der Waals surface area contributed by atoms with Crippen LogP contribution in [0.1, 0.15) is 0 Å². The van der Waals surface area contributed by atoms with E-state index in [2.05, 4.69) is 0 Å². The molecule has 0 amide bonds. The third kappa shape index (κ3) is 2.03. The van der Waals surface area contributed by atoms with Gasteiger partial charge in [0.25, 0.3) is 0 Å². The molecule has 4 heteroatoms. The molecule has 0 bridgehead atoms. The van der Waals surface area contributed by atoms with E-state index >= 15 is 0 Å². The predicted octanol–water partition coefficient (Wildman–Crippen LogP) is 2.35. The first-order chi connectivity index (χ1) is 5.65. The van der Waals surface area contributed by atoms with E-state index < -0.39 is 0 Å². The van der Waals surface area contributed by atoms with Crippen LogP contribution in [0.15, 0.2) is 18.2 Å². The normalized spacial score (nSPS) is 10.0. The highest BCUT2D eigenvalue weighted by Crippen LogP contribution is 2.27. The average molecular weight is 205 g/mol. The van der Waals surface area contributed by atoms with Crippen LogP contribution < -0.4 is 10.6 Å². The minimum atomic E-state index is 0.432. The van der Waals surface area contributed by atoms with E-state index in [-0.39, 0.29) is 0 Å². The zero-order valence-corrected chi connectivity index (χ0v) is 8.23. The standard InChI is InChI=1S/C8H10Cl2N2/c1-12(5-11)8-3-2-6(9)4-7(8)10/h2-4H,5,11H2,1H3. The minimum absolute atomic E-state index is 0.432. The molecule has 2 nitrogen and oxygen atoms in total. The highest BCUT2D eigenvalue weighted by atomic mass is 35.5. The minimum Gasteiger partial charge on any atom is -0.361 e. The summed E-state index contributed by atoms with van der Waals surface area (Å²) in [4.78, 5) is 1.85. The fourth-order valence-electron chi connectivity index (χ4n) is 0.889. The Morgan fingerprint density at radius 1 is 1.42 bits per heavy atom. The molecule has 0 heterocycles. The van der Waals surface area contributed by atoms with Crippen LogP contribution in [0.25, 0.3) is 0 Å². The van der Waals surface area contributed by atoms with Crippen molar-refractivity contribution in [1.82, 2.24) is 0 Å². The van der Waals surface area contributed by atoms with Gasteiger partial charge in [0.05, 0.1) is 17.4 Å². The number of rotatable bonds is 2. The van der Waals surface area contributed by atoms with E-state index in [0.717, 1.165) is 5.69 Å². The summed E-state index contributed by atoms with van der Waals surface area (Å²) in [6.07, 6.45) is 0. The zero-order valence-electron chi connectivity index (χ0n) is 6.72. The lowest BCUT2D eigenvalue weighted by molar-refractivity contribution is 0.933. The van der Waals surface area contributed by atoms with Gasteiger partial charge in [0.1, 0.15) is 0 Å². The van der Waals surface area contributed by atoms with Crippen molar-refractivity contribution in [2.75, 3.05) is 18.6 Å². The van der Waals surface area contributed by atoms with E-state index in [0.29, 0.717) is 16.7 Å². The number of nitrogens with zero attached hydrogens (tertiary/aromatic N) is 1. The van der Waals surface area contributed by atoms with Crippen molar-refractivity contribution in [2.45, 2.75) is 0 Å². The molecular weight excluding hydrogens is 195 g/mol. The van der Waals surface area contributed by atoms with Gasteiger partial charge in [-0.05, 0) is 18.2 Å². The van der Waals surface area contributed by atoms with Gasteiger partial charge in [0, 0.05) is 12.1 Å². The van der Waals surface area contributed by atoms with Gasteiger partial charge in [-0.3, -0.25) is 0 Å². The third-order valence-corrected chi connectivity index (χ3v) is 2.13. The Bertz CT molecular complexity index is 276. The third-order valence-electron chi connectivity index (χ3n) is 1.59. The number of nitrogens with two attached hydrogens (primary N) is 1. The lowest BCUT2D eigenvalue weighted by Gasteiger charge is -2.17. The van der Waals surface area contributed by atoms with Crippen LogP contribution in [0, 0.1) is 0 Å². The molecule has 1 aromatic carbocycles. The molecule has 0 aromatic heterocycles. The van der Waals surface area contributed by atoms with Gasteiger partial charge < -0.3 is 10.6 Å². The first-order valence-corrected chi connectivity index (χ1v) is 4.27. The van der Waals surface area contributed by atoms with E-state index in [1.165, 1.54) is 0 Å². The summed E-state index contributed by atoms with van der Waals surface area (Å²) in [5, 5.41) is 1.25. The maximum absolute atomic E-state index is 5.92. The zero-order chi connectivity index (χ0) is 9.14. The molecule has 1 rings (SSSR count). The maximum atomic E-state index is 5.92. The van der Waals surface area contributed by atoms with Gasteiger partial charge in [-0.1, -0.05) is 23.2 Å². The Hall–Kier alpha value is -0.440. The lowest BCUT2D eigenvalue weighted by atomic mass is 10.3. The average Bonchev–Trinajstić information content (AvgIpc) is 2.03. The summed E-state index contributed by atoms with van der Waals surface area (Å²) >= 11 is 11.7. The molecule has 12 heavy (non-hydrogen) atoms. The molecule has 0 saturated carbocycles. The summed E-state index contributed by atoms with van der Waals surface area (Å²) in [6, 6.07) is 5.33. The maximum Gasteiger partial charge on any atom is 0.0654 e. The highest BCUT2D eigenvalue weighted by Gasteiger charge is 2.03. The van der Waals surface area contributed by atoms with Crippen LogP contribution in [-0.2, 0) is 0 Å². The van der Waals surface area contributed by atoms with Gasteiger partial charge >= 0.3 is 0 Å². The van der Waals surface area contributed by atoms with Crippen molar-refractivity contribution in [2.24, 2.45) is 5.73 Å². The number of anilines is 1. The second-order valence-electron chi connectivity index (χ2n) is 2.48. The van der Waals surface area contributed by atoms with Crippen molar-refractivity contribution in [3.05, 3.63) is 28.2 Å². The van der Waals surface area contributed by atoms with Crippen molar-refractivity contribution in [3.63, 3.8) is 0 Å². The van der Waals surface area contributed by atoms with E-state index in [4.69, 9.17) is 28.9 Å². The van der Waals surface area contributed by atoms with E-state index in [1.54, 1.807) is 12.1 Å². The first-order valence-electron chi connectivity index (χ1n) is 3.51. The SMILES string of the molecule is CN(CN)c1ccc(Cl)cc1Cl. The number of hydrogen-bond acceptors (Lipinski definition) is 2. The largest absolute Gasteiger partial charge is 0.361 e. The van der Waals surface area contributed by atoms with Gasteiger partial charge in [0.2, 0.25) is 0 Å². The smallest absolute Gasteiger partial charge is 0.0654 e. The molecular formula is C8H10Cl2N2. The topological polar surface area (TPSA) is 29.3 Å². The summed E-state index contributed by atoms with van der Waals surface area (Å²) in [7, 11) is 1.87. The molecule has 0 saturated heterocycles. The lowest BCUT2D eigenvalue weighted by Crippen LogP contribution is -2.25. The van der Waals surface area contributed by atoms with Crippen LogP contribution in [0.4, 0.5) is 5.69 Å². The Morgan fingerprint density at radius 3 is 2.58 bits per heavy atom. The predicted molar refractivity (Wildman–Crippen MR) is 53.9 cm³/mol. The summed E-state index contributed by atoms with van der Waals surface area (Å²) in [6.45, 7) is 0.432. The highest BCUT2D eigenvalue weighted by molar-refractivity contribution is 6.36. The molecule has 0 aliphatic rings. The molecule has 0 fully saturated rings. The molecule has 0 aliphatic carbocycles. The van der Waals surface area contributed by atoms with Crippen LogP contribution in [0.5, 0.6) is 0 Å². The summed E-state index contributed by atoms with van der Waals surface area (Å²) < 4.78 is 0. The monoisotopic (exact) mass is 204 g/mol. The van der Waals surface area contributed by atoms with Crippen LogP contribution in [-0.4, -0.2) is 13.7 Å². The molecule has 2 N–H and O–H groups in total. The van der Waals surface area contributed by atoms with Crippen LogP contribution >= 0.6 is 23.2 Å². The quantitative estimate of drug-likeness (QED) is 0.751. The molecule has 0 spiro atoms. The Kier molecular flexibility index (Phi) is 3.20. The molecule has 66 valence electrons. The second kappa shape index (κ2) is 3.99. The number of halogens is 2. The summed E-state index contributed by atoms with van der Waals surface area (Å²) in [5.41, 5.74) is 6.34.